The Labute approximate surface area is 125 Å². The van der Waals surface area contributed by atoms with Crippen LogP contribution >= 0.6 is 23.2 Å². The lowest BCUT2D eigenvalue weighted by atomic mass is 10.2. The maximum atomic E-state index is 12.8. The summed E-state index contributed by atoms with van der Waals surface area (Å²) in [6.07, 6.45) is 1.34. The fourth-order valence-electron chi connectivity index (χ4n) is 1.43. The molecule has 0 aliphatic heterocycles. The molecule has 6 heteroatoms. The molecule has 0 saturated carbocycles. The minimum Gasteiger partial charge on any atom is -0.267 e. The smallest absolute Gasteiger partial charge is 0.267 e. The predicted molar refractivity (Wildman–Crippen MR) is 77.9 cm³/mol. The van der Waals surface area contributed by atoms with Crippen LogP contribution in [0.3, 0.4) is 0 Å². The molecule has 0 atom stereocenters. The van der Waals surface area contributed by atoms with Crippen LogP contribution in [0.1, 0.15) is 15.9 Å². The zero-order chi connectivity index (χ0) is 14.5. The molecule has 2 aromatic rings. The molecule has 2 aromatic carbocycles. The van der Waals surface area contributed by atoms with Gasteiger partial charge in [-0.05, 0) is 42.5 Å². The number of carbonyl (C=O) groups excluding carboxylic acids is 1. The van der Waals surface area contributed by atoms with Crippen LogP contribution in [0.15, 0.2) is 47.6 Å². The van der Waals surface area contributed by atoms with E-state index in [0.29, 0.717) is 16.1 Å². The number of nitrogens with one attached hydrogen (secondary N) is 1. The summed E-state index contributed by atoms with van der Waals surface area (Å²) in [5.41, 5.74) is 3.28. The van der Waals surface area contributed by atoms with Crippen LogP contribution in [0.2, 0.25) is 10.0 Å². The molecular weight excluding hydrogens is 302 g/mol. The van der Waals surface area contributed by atoms with Gasteiger partial charge in [-0.15, -0.1) is 0 Å². The van der Waals surface area contributed by atoms with Gasteiger partial charge in [0.1, 0.15) is 5.82 Å². The van der Waals surface area contributed by atoms with Gasteiger partial charge in [0, 0.05) is 16.1 Å². The molecule has 0 aromatic heterocycles. The van der Waals surface area contributed by atoms with E-state index in [-0.39, 0.29) is 10.9 Å². The standard InChI is InChI=1S/C14H9Cl2FN2O/c15-11-4-1-9(2-5-11)14(20)19-18-8-10-3-6-12(17)7-13(10)16/h1-8H,(H,19,20)/b18-8+. The Morgan fingerprint density at radius 3 is 2.50 bits per heavy atom. The number of amides is 1. The van der Waals surface area contributed by atoms with Crippen molar-refractivity contribution in [3.8, 4) is 0 Å². The monoisotopic (exact) mass is 310 g/mol. The molecule has 0 heterocycles. The fourth-order valence-corrected chi connectivity index (χ4v) is 1.77. The molecule has 1 amide bonds. The fraction of sp³-hybridized carbons (Fsp3) is 0. The number of carbonyl (C=O) groups is 1. The van der Waals surface area contributed by atoms with Gasteiger partial charge in [0.25, 0.3) is 5.91 Å². The van der Waals surface area contributed by atoms with E-state index in [4.69, 9.17) is 23.2 Å². The molecule has 0 radical (unpaired) electrons. The zero-order valence-corrected chi connectivity index (χ0v) is 11.6. The van der Waals surface area contributed by atoms with Crippen LogP contribution < -0.4 is 5.43 Å². The van der Waals surface area contributed by atoms with E-state index < -0.39 is 5.82 Å². The molecule has 2 rings (SSSR count). The van der Waals surface area contributed by atoms with Gasteiger partial charge in [0.05, 0.1) is 11.2 Å². The third-order valence-electron chi connectivity index (χ3n) is 2.44. The third kappa shape index (κ3) is 3.79. The van der Waals surface area contributed by atoms with E-state index in [9.17, 15) is 9.18 Å². The van der Waals surface area contributed by atoms with Gasteiger partial charge in [-0.1, -0.05) is 23.2 Å². The Morgan fingerprint density at radius 2 is 1.85 bits per heavy atom. The Morgan fingerprint density at radius 1 is 1.15 bits per heavy atom. The average Bonchev–Trinajstić information content (AvgIpc) is 2.42. The Balaban J connectivity index is 2.02. The molecule has 0 unspecified atom stereocenters. The first-order valence-corrected chi connectivity index (χ1v) is 6.36. The number of halogens is 3. The highest BCUT2D eigenvalue weighted by molar-refractivity contribution is 6.33. The Bertz CT molecular complexity index is 657. The van der Waals surface area contributed by atoms with Gasteiger partial charge in [0.15, 0.2) is 0 Å². The van der Waals surface area contributed by atoms with E-state index in [2.05, 4.69) is 10.5 Å². The minimum absolute atomic E-state index is 0.217. The first kappa shape index (κ1) is 14.5. The summed E-state index contributed by atoms with van der Waals surface area (Å²) in [5.74, 6) is -0.812. The predicted octanol–water partition coefficient (Wildman–Crippen LogP) is 3.90. The van der Waals surface area contributed by atoms with E-state index >= 15 is 0 Å². The van der Waals surface area contributed by atoms with Crippen molar-refractivity contribution in [1.82, 2.24) is 5.43 Å². The molecule has 3 nitrogen and oxygen atoms in total. The average molecular weight is 311 g/mol. The maximum absolute atomic E-state index is 12.8. The number of hydrogen-bond donors (Lipinski definition) is 1. The summed E-state index contributed by atoms with van der Waals surface area (Å²) in [4.78, 5) is 11.7. The number of hydrogen-bond acceptors (Lipinski definition) is 2. The SMILES string of the molecule is O=C(N/N=C/c1ccc(F)cc1Cl)c1ccc(Cl)cc1. The molecule has 0 spiro atoms. The lowest BCUT2D eigenvalue weighted by Crippen LogP contribution is -2.17. The highest BCUT2D eigenvalue weighted by Gasteiger charge is 2.03. The van der Waals surface area contributed by atoms with Crippen LogP contribution in [0, 0.1) is 5.82 Å². The normalized spacial score (nSPS) is 10.8. The Kier molecular flexibility index (Phi) is 4.71. The molecular formula is C14H9Cl2FN2O. The third-order valence-corrected chi connectivity index (χ3v) is 3.02. The van der Waals surface area contributed by atoms with E-state index in [1.807, 2.05) is 0 Å². The number of hydrazone groups is 1. The molecule has 0 aliphatic carbocycles. The summed E-state index contributed by atoms with van der Waals surface area (Å²) in [7, 11) is 0. The largest absolute Gasteiger partial charge is 0.271 e. The van der Waals surface area contributed by atoms with Crippen molar-refractivity contribution in [2.24, 2.45) is 5.10 Å². The first-order chi connectivity index (χ1) is 9.56. The van der Waals surface area contributed by atoms with Crippen molar-refractivity contribution in [3.05, 3.63) is 69.5 Å². The van der Waals surface area contributed by atoms with Crippen molar-refractivity contribution >= 4 is 35.3 Å². The summed E-state index contributed by atoms with van der Waals surface area (Å²) < 4.78 is 12.8. The van der Waals surface area contributed by atoms with Crippen molar-refractivity contribution < 1.29 is 9.18 Å². The second-order valence-corrected chi connectivity index (χ2v) is 4.72. The highest BCUT2D eigenvalue weighted by Crippen LogP contribution is 2.15. The van der Waals surface area contributed by atoms with Gasteiger partial charge < -0.3 is 0 Å². The second-order valence-electron chi connectivity index (χ2n) is 3.87. The lowest BCUT2D eigenvalue weighted by Gasteiger charge is -2.00. The van der Waals surface area contributed by atoms with Crippen molar-refractivity contribution in [2.45, 2.75) is 0 Å². The zero-order valence-electron chi connectivity index (χ0n) is 10.1. The van der Waals surface area contributed by atoms with E-state index in [1.54, 1.807) is 24.3 Å². The van der Waals surface area contributed by atoms with Crippen LogP contribution in [0.4, 0.5) is 4.39 Å². The van der Waals surface area contributed by atoms with E-state index in [0.717, 1.165) is 0 Å². The van der Waals surface area contributed by atoms with Crippen molar-refractivity contribution in [2.75, 3.05) is 0 Å². The lowest BCUT2D eigenvalue weighted by molar-refractivity contribution is 0.0955. The first-order valence-electron chi connectivity index (χ1n) is 5.60. The van der Waals surface area contributed by atoms with Crippen molar-refractivity contribution in [1.29, 1.82) is 0 Å². The molecule has 0 fully saturated rings. The van der Waals surface area contributed by atoms with Gasteiger partial charge in [0.2, 0.25) is 0 Å². The van der Waals surface area contributed by atoms with E-state index in [1.165, 1.54) is 24.4 Å². The summed E-state index contributed by atoms with van der Waals surface area (Å²) in [6.45, 7) is 0. The van der Waals surface area contributed by atoms with Gasteiger partial charge >= 0.3 is 0 Å². The van der Waals surface area contributed by atoms with Crippen molar-refractivity contribution in [3.63, 3.8) is 0 Å². The number of rotatable bonds is 3. The molecule has 1 N–H and O–H groups in total. The molecule has 0 aliphatic rings. The molecule has 0 saturated heterocycles. The van der Waals surface area contributed by atoms with Crippen LogP contribution in [0.5, 0.6) is 0 Å². The summed E-state index contributed by atoms with van der Waals surface area (Å²) >= 11 is 11.5. The van der Waals surface area contributed by atoms with Gasteiger partial charge in [-0.3, -0.25) is 4.79 Å². The maximum Gasteiger partial charge on any atom is 0.271 e. The van der Waals surface area contributed by atoms with Crippen LogP contribution in [-0.4, -0.2) is 12.1 Å². The number of benzene rings is 2. The summed E-state index contributed by atoms with van der Waals surface area (Å²) in [5, 5.41) is 4.53. The van der Waals surface area contributed by atoms with Crippen LogP contribution in [-0.2, 0) is 0 Å². The molecule has 102 valence electrons. The second kappa shape index (κ2) is 6.50. The van der Waals surface area contributed by atoms with Gasteiger partial charge in [-0.2, -0.15) is 5.10 Å². The quantitative estimate of drug-likeness (QED) is 0.678. The molecule has 0 bridgehead atoms. The van der Waals surface area contributed by atoms with Gasteiger partial charge in [-0.25, -0.2) is 9.82 Å². The molecule has 20 heavy (non-hydrogen) atoms. The summed E-state index contributed by atoms with van der Waals surface area (Å²) in [6, 6.07) is 10.3. The van der Waals surface area contributed by atoms with Crippen LogP contribution in [0.25, 0.3) is 0 Å². The minimum atomic E-state index is -0.433. The topological polar surface area (TPSA) is 41.5 Å². The Hall–Kier alpha value is -1.91. The number of nitrogens with zero attached hydrogens (tertiary/aromatic N) is 1. The highest BCUT2D eigenvalue weighted by atomic mass is 35.5.